The molecule has 0 fully saturated rings. The molecule has 0 aliphatic carbocycles. The third kappa shape index (κ3) is 4.87. The topological polar surface area (TPSA) is 83.5 Å². The van der Waals surface area contributed by atoms with Crippen LogP contribution in [0, 0.1) is 0 Å². The zero-order chi connectivity index (χ0) is 17.0. The van der Waals surface area contributed by atoms with Crippen molar-refractivity contribution in [1.29, 1.82) is 0 Å². The average molecular weight is 463 g/mol. The van der Waals surface area contributed by atoms with E-state index in [4.69, 9.17) is 0 Å². The van der Waals surface area contributed by atoms with Crippen LogP contribution in [0.25, 0.3) is 0 Å². The smallest absolute Gasteiger partial charge is 0.322 e. The minimum absolute atomic E-state index is 0.0220. The molecule has 0 bridgehead atoms. The molecular weight excluding hydrogens is 450 g/mol. The van der Waals surface area contributed by atoms with Crippen LogP contribution < -0.4 is 4.72 Å². The molecule has 0 radical (unpaired) electrons. The van der Waals surface area contributed by atoms with Gasteiger partial charge in [0, 0.05) is 8.95 Å². The van der Waals surface area contributed by atoms with E-state index in [0.717, 1.165) is 5.56 Å². The zero-order valence-electron chi connectivity index (χ0n) is 11.7. The van der Waals surface area contributed by atoms with Crippen molar-refractivity contribution in [2.24, 2.45) is 0 Å². The summed E-state index contributed by atoms with van der Waals surface area (Å²) >= 11 is 6.38. The second-order valence-corrected chi connectivity index (χ2v) is 8.23. The SMILES string of the molecule is O=C(O)[C@@H](Cc1ccccc1)NS(=O)(=O)c1cc(Br)ccc1Br. The van der Waals surface area contributed by atoms with Crippen molar-refractivity contribution >= 4 is 47.9 Å². The number of carbonyl (C=O) groups is 1. The lowest BCUT2D eigenvalue weighted by Crippen LogP contribution is -2.42. The molecule has 23 heavy (non-hydrogen) atoms. The summed E-state index contributed by atoms with van der Waals surface area (Å²) in [5.41, 5.74) is 0.732. The van der Waals surface area contributed by atoms with Gasteiger partial charge in [-0.3, -0.25) is 4.79 Å². The summed E-state index contributed by atoms with van der Waals surface area (Å²) in [5.74, 6) is -1.23. The number of carboxylic acids is 1. The third-order valence-electron chi connectivity index (χ3n) is 3.06. The molecule has 0 saturated carbocycles. The second-order valence-electron chi connectivity index (χ2n) is 4.78. The Morgan fingerprint density at radius 3 is 2.39 bits per heavy atom. The summed E-state index contributed by atoms with van der Waals surface area (Å²) in [6, 6.07) is 12.3. The fraction of sp³-hybridized carbons (Fsp3) is 0.133. The van der Waals surface area contributed by atoms with E-state index in [1.807, 2.05) is 6.07 Å². The first-order valence-electron chi connectivity index (χ1n) is 6.54. The fourth-order valence-electron chi connectivity index (χ4n) is 1.96. The Balaban J connectivity index is 2.28. The highest BCUT2D eigenvalue weighted by Crippen LogP contribution is 2.26. The van der Waals surface area contributed by atoms with Crippen LogP contribution in [0.1, 0.15) is 5.56 Å². The molecule has 0 heterocycles. The maximum absolute atomic E-state index is 12.5. The van der Waals surface area contributed by atoms with Crippen LogP contribution in [-0.2, 0) is 21.2 Å². The van der Waals surface area contributed by atoms with Gasteiger partial charge in [0.05, 0.1) is 4.90 Å². The molecule has 2 aromatic carbocycles. The molecule has 0 aliphatic rings. The summed E-state index contributed by atoms with van der Waals surface area (Å²) in [6.07, 6.45) is 0.0566. The molecule has 0 spiro atoms. The number of rotatable bonds is 6. The highest BCUT2D eigenvalue weighted by Gasteiger charge is 2.27. The zero-order valence-corrected chi connectivity index (χ0v) is 15.7. The van der Waals surface area contributed by atoms with Crippen LogP contribution in [-0.4, -0.2) is 25.5 Å². The molecule has 2 N–H and O–H groups in total. The van der Waals surface area contributed by atoms with Gasteiger partial charge in [0.1, 0.15) is 6.04 Å². The van der Waals surface area contributed by atoms with Crippen LogP contribution in [0.4, 0.5) is 0 Å². The summed E-state index contributed by atoms with van der Waals surface area (Å²) < 4.78 is 28.2. The monoisotopic (exact) mass is 461 g/mol. The van der Waals surface area contributed by atoms with Gasteiger partial charge >= 0.3 is 5.97 Å². The van der Waals surface area contributed by atoms with Crippen LogP contribution in [0.15, 0.2) is 62.4 Å². The lowest BCUT2D eigenvalue weighted by atomic mass is 10.1. The largest absolute Gasteiger partial charge is 0.480 e. The van der Waals surface area contributed by atoms with Crippen molar-refractivity contribution in [2.75, 3.05) is 0 Å². The van der Waals surface area contributed by atoms with Crippen molar-refractivity contribution in [3.8, 4) is 0 Å². The number of nitrogens with one attached hydrogen (secondary N) is 1. The fourth-order valence-corrected chi connectivity index (χ4v) is 4.65. The molecular formula is C15H13Br2NO4S. The minimum Gasteiger partial charge on any atom is -0.480 e. The molecule has 8 heteroatoms. The minimum atomic E-state index is -3.99. The number of hydrogen-bond donors (Lipinski definition) is 2. The van der Waals surface area contributed by atoms with Crippen LogP contribution >= 0.6 is 31.9 Å². The first-order valence-corrected chi connectivity index (χ1v) is 9.60. The van der Waals surface area contributed by atoms with Gasteiger partial charge in [0.25, 0.3) is 0 Å². The Labute approximate surface area is 151 Å². The molecule has 2 rings (SSSR count). The summed E-state index contributed by atoms with van der Waals surface area (Å²) in [6.45, 7) is 0. The summed E-state index contributed by atoms with van der Waals surface area (Å²) in [5, 5.41) is 9.32. The van der Waals surface area contributed by atoms with Crippen LogP contribution in [0.2, 0.25) is 0 Å². The Morgan fingerprint density at radius 2 is 1.78 bits per heavy atom. The van der Waals surface area contributed by atoms with E-state index < -0.39 is 22.0 Å². The molecule has 1 atom stereocenters. The van der Waals surface area contributed by atoms with Gasteiger partial charge in [-0.2, -0.15) is 4.72 Å². The highest BCUT2D eigenvalue weighted by atomic mass is 79.9. The standard InChI is InChI=1S/C15H13Br2NO4S/c16-11-6-7-12(17)14(9-11)23(21,22)18-13(15(19)20)8-10-4-2-1-3-5-10/h1-7,9,13,18H,8H2,(H,19,20)/t13-/m1/s1. The number of carboxylic acid groups (broad SMARTS) is 1. The number of hydrogen-bond acceptors (Lipinski definition) is 3. The third-order valence-corrected chi connectivity index (χ3v) is 6.02. The van der Waals surface area contributed by atoms with Gasteiger partial charge < -0.3 is 5.11 Å². The lowest BCUT2D eigenvalue weighted by molar-refractivity contribution is -0.138. The molecule has 5 nitrogen and oxygen atoms in total. The van der Waals surface area contributed by atoms with Crippen molar-refractivity contribution in [3.05, 3.63) is 63.0 Å². The Bertz CT molecular complexity index is 809. The van der Waals surface area contributed by atoms with Gasteiger partial charge in [-0.05, 0) is 46.1 Å². The number of aliphatic carboxylic acids is 1. The van der Waals surface area contributed by atoms with E-state index in [9.17, 15) is 18.3 Å². The van der Waals surface area contributed by atoms with Crippen LogP contribution in [0.5, 0.6) is 0 Å². The van der Waals surface area contributed by atoms with Gasteiger partial charge in [-0.1, -0.05) is 46.3 Å². The molecule has 0 unspecified atom stereocenters. The highest BCUT2D eigenvalue weighted by molar-refractivity contribution is 9.11. The first-order chi connectivity index (χ1) is 10.8. The number of halogens is 2. The summed E-state index contributed by atoms with van der Waals surface area (Å²) in [4.78, 5) is 11.4. The Hall–Kier alpha value is -1.22. The lowest BCUT2D eigenvalue weighted by Gasteiger charge is -2.16. The van der Waals surface area contributed by atoms with Crippen molar-refractivity contribution in [1.82, 2.24) is 4.72 Å². The molecule has 2 aromatic rings. The molecule has 0 amide bonds. The predicted octanol–water partition coefficient (Wildman–Crippen LogP) is 3.19. The van der Waals surface area contributed by atoms with Gasteiger partial charge in [0.15, 0.2) is 0 Å². The quantitative estimate of drug-likeness (QED) is 0.690. The molecule has 0 saturated heterocycles. The number of sulfonamides is 1. The molecule has 0 aromatic heterocycles. The predicted molar refractivity (Wildman–Crippen MR) is 93.7 cm³/mol. The maximum Gasteiger partial charge on any atom is 0.322 e. The van der Waals surface area contributed by atoms with E-state index in [1.54, 1.807) is 36.4 Å². The van der Waals surface area contributed by atoms with E-state index in [1.165, 1.54) is 6.07 Å². The average Bonchev–Trinajstić information content (AvgIpc) is 2.49. The van der Waals surface area contributed by atoms with Gasteiger partial charge in [0.2, 0.25) is 10.0 Å². The van der Waals surface area contributed by atoms with E-state index in [-0.39, 0.29) is 11.3 Å². The Morgan fingerprint density at radius 1 is 1.13 bits per heavy atom. The van der Waals surface area contributed by atoms with Gasteiger partial charge in [-0.15, -0.1) is 0 Å². The number of benzene rings is 2. The summed E-state index contributed by atoms with van der Waals surface area (Å²) in [7, 11) is -3.99. The normalized spacial score (nSPS) is 12.8. The van der Waals surface area contributed by atoms with Crippen molar-refractivity contribution in [3.63, 3.8) is 0 Å². The van der Waals surface area contributed by atoms with Crippen molar-refractivity contribution in [2.45, 2.75) is 17.4 Å². The second kappa shape index (κ2) is 7.57. The van der Waals surface area contributed by atoms with E-state index in [2.05, 4.69) is 36.6 Å². The van der Waals surface area contributed by atoms with Crippen molar-refractivity contribution < 1.29 is 18.3 Å². The van der Waals surface area contributed by atoms with E-state index in [0.29, 0.717) is 8.95 Å². The Kier molecular flexibility index (Phi) is 5.96. The van der Waals surface area contributed by atoms with Crippen LogP contribution in [0.3, 0.4) is 0 Å². The van der Waals surface area contributed by atoms with E-state index >= 15 is 0 Å². The molecule has 122 valence electrons. The van der Waals surface area contributed by atoms with Gasteiger partial charge in [-0.25, -0.2) is 8.42 Å². The molecule has 0 aliphatic heterocycles. The maximum atomic E-state index is 12.5. The first kappa shape index (κ1) is 18.1.